The van der Waals surface area contributed by atoms with E-state index in [0.717, 1.165) is 29.8 Å². The number of hydrogen-bond acceptors (Lipinski definition) is 5. The molecule has 0 atom stereocenters. The first-order valence-electron chi connectivity index (χ1n) is 12.9. The first-order valence-corrected chi connectivity index (χ1v) is 16.6. The summed E-state index contributed by atoms with van der Waals surface area (Å²) in [6.45, 7) is 15.1. The van der Waals surface area contributed by atoms with Gasteiger partial charge in [-0.2, -0.15) is 0 Å². The molecule has 0 unspecified atom stereocenters. The Hall–Kier alpha value is -2.51. The van der Waals surface area contributed by atoms with E-state index >= 15 is 0 Å². The molecule has 186 valence electrons. The Morgan fingerprint density at radius 3 is 2.63 bits per heavy atom. The molecule has 0 N–H and O–H groups in total. The van der Waals surface area contributed by atoms with Gasteiger partial charge in [0.2, 0.25) is 0 Å². The van der Waals surface area contributed by atoms with Crippen molar-refractivity contribution in [3.05, 3.63) is 42.2 Å². The largest absolute Gasteiger partial charge is 0.368 e. The van der Waals surface area contributed by atoms with E-state index in [1.165, 1.54) is 18.5 Å². The third kappa shape index (κ3) is 4.93. The van der Waals surface area contributed by atoms with E-state index in [4.69, 9.17) is 14.7 Å². The second kappa shape index (κ2) is 8.86. The lowest BCUT2D eigenvalue weighted by Gasteiger charge is -2.27. The van der Waals surface area contributed by atoms with Crippen LogP contribution < -0.4 is 4.90 Å². The maximum atomic E-state index is 13.3. The van der Waals surface area contributed by atoms with Crippen LogP contribution in [0.15, 0.2) is 36.7 Å². The van der Waals surface area contributed by atoms with Crippen LogP contribution in [0.3, 0.4) is 0 Å². The molecule has 1 aromatic carbocycles. The lowest BCUT2D eigenvalue weighted by molar-refractivity contribution is 0.0849. The van der Waals surface area contributed by atoms with E-state index < -0.39 is 13.5 Å². The molecule has 2 aliphatic heterocycles. The topological polar surface area (TPSA) is 60.3 Å². The number of hydrogen-bond donors (Lipinski definition) is 0. The quantitative estimate of drug-likeness (QED) is 0.213. The molecule has 7 heteroatoms. The highest BCUT2D eigenvalue weighted by atomic mass is 28.3. The van der Waals surface area contributed by atoms with Crippen LogP contribution in [0, 0.1) is 11.3 Å². The van der Waals surface area contributed by atoms with Crippen LogP contribution in [-0.4, -0.2) is 47.6 Å². The Bertz CT molecular complexity index is 1250. The standard InChI is InChI=1S/C28H38N4O2Si/c1-28(2,3)26(33)23-17-31(18-34-10-11-35(4,5)6)27-25(23)30-24(15-29-27)20-8-7-9-21(14-20)32-16-19-12-22(32)13-19/h7-9,14-15,17,19,22H,10-13,16,18H2,1-6H3. The van der Waals surface area contributed by atoms with Crippen molar-refractivity contribution in [2.24, 2.45) is 11.3 Å². The van der Waals surface area contributed by atoms with Crippen molar-refractivity contribution in [2.45, 2.75) is 72.1 Å². The van der Waals surface area contributed by atoms with Crippen LogP contribution in [0.25, 0.3) is 22.4 Å². The van der Waals surface area contributed by atoms with Gasteiger partial charge in [0.1, 0.15) is 12.2 Å². The summed E-state index contributed by atoms with van der Waals surface area (Å²) in [7, 11) is -1.17. The highest BCUT2D eigenvalue weighted by Crippen LogP contribution is 2.43. The Labute approximate surface area is 209 Å². The van der Waals surface area contributed by atoms with E-state index in [9.17, 15) is 4.79 Å². The highest BCUT2D eigenvalue weighted by molar-refractivity contribution is 6.76. The van der Waals surface area contributed by atoms with Crippen molar-refractivity contribution in [2.75, 3.05) is 18.1 Å². The predicted molar refractivity (Wildman–Crippen MR) is 145 cm³/mol. The summed E-state index contributed by atoms with van der Waals surface area (Å²) in [4.78, 5) is 25.7. The number of nitrogens with zero attached hydrogens (tertiary/aromatic N) is 4. The molecule has 1 saturated carbocycles. The average molecular weight is 491 g/mol. The van der Waals surface area contributed by atoms with Gasteiger partial charge < -0.3 is 14.2 Å². The SMILES string of the molecule is CC(C)(C)C(=O)c1cn(COCC[Si](C)(C)C)c2ncc(-c3cccc(N4CC5CC4C5)c3)nc12. The van der Waals surface area contributed by atoms with Crippen LogP contribution in [0.2, 0.25) is 25.7 Å². The summed E-state index contributed by atoms with van der Waals surface area (Å²) >= 11 is 0. The summed E-state index contributed by atoms with van der Waals surface area (Å²) < 4.78 is 7.93. The molecule has 0 spiro atoms. The zero-order chi connectivity index (χ0) is 25.0. The van der Waals surface area contributed by atoms with Crippen LogP contribution in [0.5, 0.6) is 0 Å². The number of carbonyl (C=O) groups is 1. The first-order chi connectivity index (χ1) is 16.5. The summed E-state index contributed by atoms with van der Waals surface area (Å²) in [5.74, 6) is 0.930. The van der Waals surface area contributed by atoms with E-state index in [1.54, 1.807) is 0 Å². The van der Waals surface area contributed by atoms with E-state index in [-0.39, 0.29) is 5.78 Å². The van der Waals surface area contributed by atoms with Gasteiger partial charge in [0.05, 0.1) is 17.5 Å². The van der Waals surface area contributed by atoms with Gasteiger partial charge in [-0.15, -0.1) is 0 Å². The molecular weight excluding hydrogens is 452 g/mol. The molecule has 4 heterocycles. The molecule has 1 aliphatic carbocycles. The Kier molecular flexibility index (Phi) is 6.12. The zero-order valence-electron chi connectivity index (χ0n) is 22.0. The Balaban J connectivity index is 1.47. The molecule has 3 fully saturated rings. The fourth-order valence-electron chi connectivity index (χ4n) is 5.09. The fourth-order valence-corrected chi connectivity index (χ4v) is 5.85. The summed E-state index contributed by atoms with van der Waals surface area (Å²) in [6, 6.07) is 10.4. The second-order valence-corrected chi connectivity index (χ2v) is 18.2. The second-order valence-electron chi connectivity index (χ2n) is 12.6. The number of rotatable bonds is 8. The highest BCUT2D eigenvalue weighted by Gasteiger charge is 2.42. The Morgan fingerprint density at radius 1 is 1.20 bits per heavy atom. The number of Topliss-reactive ketones (excluding diaryl/α,β-unsaturated/α-hetero) is 1. The van der Waals surface area contributed by atoms with Crippen LogP contribution in [-0.2, 0) is 11.5 Å². The molecule has 6 nitrogen and oxygen atoms in total. The van der Waals surface area contributed by atoms with Crippen LogP contribution in [0.4, 0.5) is 5.69 Å². The number of anilines is 1. The van der Waals surface area contributed by atoms with Gasteiger partial charge in [-0.05, 0) is 36.9 Å². The summed E-state index contributed by atoms with van der Waals surface area (Å²) in [5, 5.41) is 0. The van der Waals surface area contributed by atoms with Crippen molar-refractivity contribution in [3.63, 3.8) is 0 Å². The molecule has 2 aromatic heterocycles. The molecule has 35 heavy (non-hydrogen) atoms. The minimum Gasteiger partial charge on any atom is -0.368 e. The molecule has 0 amide bonds. The number of benzene rings is 1. The van der Waals surface area contributed by atoms with Crippen LogP contribution in [0.1, 0.15) is 44.0 Å². The maximum Gasteiger partial charge on any atom is 0.171 e. The van der Waals surface area contributed by atoms with E-state index in [2.05, 4.69) is 48.8 Å². The van der Waals surface area contributed by atoms with Crippen molar-refractivity contribution in [1.29, 1.82) is 0 Å². The number of ether oxygens (including phenoxy) is 1. The van der Waals surface area contributed by atoms with Gasteiger partial charge in [0, 0.05) is 50.1 Å². The van der Waals surface area contributed by atoms with E-state index in [0.29, 0.717) is 36.1 Å². The molecule has 3 aromatic rings. The van der Waals surface area contributed by atoms with Crippen molar-refractivity contribution in [3.8, 4) is 11.3 Å². The van der Waals surface area contributed by atoms with Gasteiger partial charge in [-0.3, -0.25) is 4.79 Å². The lowest BCUT2D eigenvalue weighted by atomic mass is 9.86. The van der Waals surface area contributed by atoms with Crippen molar-refractivity contribution >= 4 is 30.7 Å². The normalized spacial score (nSPS) is 19.9. The molecule has 6 rings (SSSR count). The zero-order valence-corrected chi connectivity index (χ0v) is 23.0. The molecule has 2 bridgehead atoms. The first kappa shape index (κ1) is 24.2. The number of carbonyl (C=O) groups excluding carboxylic acids is 1. The minimum absolute atomic E-state index is 0.0698. The lowest BCUT2D eigenvalue weighted by Crippen LogP contribution is -2.28. The van der Waals surface area contributed by atoms with Gasteiger partial charge in [0.25, 0.3) is 0 Å². The third-order valence-electron chi connectivity index (χ3n) is 7.30. The van der Waals surface area contributed by atoms with Crippen LogP contribution >= 0.6 is 0 Å². The smallest absolute Gasteiger partial charge is 0.171 e. The minimum atomic E-state index is -1.17. The van der Waals surface area contributed by atoms with Crippen molar-refractivity contribution < 1.29 is 9.53 Å². The van der Waals surface area contributed by atoms with Crippen molar-refractivity contribution in [1.82, 2.24) is 14.5 Å². The predicted octanol–water partition coefficient (Wildman–Crippen LogP) is 6.24. The molecular formula is C28H38N4O2Si. The van der Waals surface area contributed by atoms with E-state index in [1.807, 2.05) is 37.7 Å². The number of ketones is 1. The van der Waals surface area contributed by atoms with Gasteiger partial charge in [-0.25, -0.2) is 9.97 Å². The number of aromatic nitrogens is 3. The summed E-state index contributed by atoms with van der Waals surface area (Å²) in [6.07, 6.45) is 6.35. The van der Waals surface area contributed by atoms with Gasteiger partial charge >= 0.3 is 0 Å². The van der Waals surface area contributed by atoms with Gasteiger partial charge in [0.15, 0.2) is 11.4 Å². The fraction of sp³-hybridized carbons (Fsp3) is 0.536. The molecule has 3 aliphatic rings. The van der Waals surface area contributed by atoms with Gasteiger partial charge in [-0.1, -0.05) is 52.5 Å². The Morgan fingerprint density at radius 2 is 1.97 bits per heavy atom. The molecule has 0 radical (unpaired) electrons. The molecule has 2 saturated heterocycles. The maximum absolute atomic E-state index is 13.3. The third-order valence-corrected chi connectivity index (χ3v) is 9.00. The number of fused-ring (bicyclic) bond motifs is 2. The average Bonchev–Trinajstić information content (AvgIpc) is 3.47. The monoisotopic (exact) mass is 490 g/mol. The summed E-state index contributed by atoms with van der Waals surface area (Å²) in [5.41, 5.74) is 4.56.